The minimum atomic E-state index is 0.306. The maximum absolute atomic E-state index is 6.01. The van der Waals surface area contributed by atoms with Crippen LogP contribution >= 0.6 is 0 Å². The van der Waals surface area contributed by atoms with E-state index in [9.17, 15) is 0 Å². The second-order valence-electron chi connectivity index (χ2n) is 6.52. The van der Waals surface area contributed by atoms with Gasteiger partial charge in [0.15, 0.2) is 0 Å². The highest BCUT2D eigenvalue weighted by molar-refractivity contribution is 5.37. The lowest BCUT2D eigenvalue weighted by atomic mass is 9.90. The van der Waals surface area contributed by atoms with Crippen LogP contribution in [0.25, 0.3) is 0 Å². The molecule has 0 aromatic heterocycles. The van der Waals surface area contributed by atoms with Gasteiger partial charge in [-0.3, -0.25) is 0 Å². The van der Waals surface area contributed by atoms with Gasteiger partial charge >= 0.3 is 0 Å². The summed E-state index contributed by atoms with van der Waals surface area (Å²) in [4.78, 5) is 2.56. The molecule has 3 heteroatoms. The number of benzene rings is 1. The van der Waals surface area contributed by atoms with Crippen LogP contribution in [0.1, 0.15) is 32.3 Å². The Hall–Kier alpha value is -1.06. The lowest BCUT2D eigenvalue weighted by Gasteiger charge is -2.34. The van der Waals surface area contributed by atoms with E-state index in [1.54, 1.807) is 0 Å². The van der Waals surface area contributed by atoms with Gasteiger partial charge in [0.25, 0.3) is 0 Å². The molecular weight excluding hydrogens is 260 g/mol. The largest absolute Gasteiger partial charge is 0.488 e. The molecule has 0 saturated carbocycles. The van der Waals surface area contributed by atoms with E-state index in [2.05, 4.69) is 48.3 Å². The molecule has 1 aromatic carbocycles. The molecule has 1 N–H and O–H groups in total. The Morgan fingerprint density at radius 2 is 2.05 bits per heavy atom. The molecule has 21 heavy (non-hydrogen) atoms. The van der Waals surface area contributed by atoms with Gasteiger partial charge < -0.3 is 15.0 Å². The van der Waals surface area contributed by atoms with Gasteiger partial charge in [0, 0.05) is 19.0 Å². The summed E-state index contributed by atoms with van der Waals surface area (Å²) in [5, 5.41) is 3.72. The molecule has 2 atom stereocenters. The molecule has 3 nitrogen and oxygen atoms in total. The molecule has 2 heterocycles. The molecule has 0 spiro atoms. The second-order valence-corrected chi connectivity index (χ2v) is 6.52. The lowest BCUT2D eigenvalue weighted by molar-refractivity contribution is 0.158. The highest BCUT2D eigenvalue weighted by atomic mass is 16.5. The monoisotopic (exact) mass is 288 g/mol. The van der Waals surface area contributed by atoms with Crippen LogP contribution in [0.3, 0.4) is 0 Å². The summed E-state index contributed by atoms with van der Waals surface area (Å²) < 4.78 is 6.01. The van der Waals surface area contributed by atoms with Crippen LogP contribution in [-0.2, 0) is 6.42 Å². The first-order valence-corrected chi connectivity index (χ1v) is 8.46. The molecule has 2 aliphatic heterocycles. The van der Waals surface area contributed by atoms with Crippen LogP contribution in [0.15, 0.2) is 24.3 Å². The Labute approximate surface area is 128 Å². The van der Waals surface area contributed by atoms with E-state index in [-0.39, 0.29) is 0 Å². The fourth-order valence-corrected chi connectivity index (χ4v) is 3.62. The predicted molar refractivity (Wildman–Crippen MR) is 86.9 cm³/mol. The van der Waals surface area contributed by atoms with Crippen LogP contribution in [0.5, 0.6) is 5.75 Å². The van der Waals surface area contributed by atoms with Crippen LogP contribution in [0.4, 0.5) is 0 Å². The van der Waals surface area contributed by atoms with Gasteiger partial charge in [-0.25, -0.2) is 0 Å². The molecule has 2 unspecified atom stereocenters. The van der Waals surface area contributed by atoms with Gasteiger partial charge in [0.05, 0.1) is 0 Å². The van der Waals surface area contributed by atoms with Gasteiger partial charge in [-0.05, 0) is 56.9 Å². The Kier molecular flexibility index (Phi) is 4.81. The fourth-order valence-electron chi connectivity index (χ4n) is 3.62. The number of para-hydroxylation sites is 1. The van der Waals surface area contributed by atoms with Crippen molar-refractivity contribution in [2.24, 2.45) is 5.92 Å². The van der Waals surface area contributed by atoms with Gasteiger partial charge in [-0.15, -0.1) is 0 Å². The van der Waals surface area contributed by atoms with Crippen LogP contribution in [0.2, 0.25) is 0 Å². The van der Waals surface area contributed by atoms with Crippen molar-refractivity contribution >= 4 is 0 Å². The molecule has 3 rings (SSSR count). The van der Waals surface area contributed by atoms with Gasteiger partial charge in [0.2, 0.25) is 0 Å². The van der Waals surface area contributed by atoms with Gasteiger partial charge in [0.1, 0.15) is 11.9 Å². The van der Waals surface area contributed by atoms with E-state index in [0.717, 1.165) is 24.6 Å². The number of fused-ring (bicyclic) bond motifs is 1. The summed E-state index contributed by atoms with van der Waals surface area (Å²) in [6.07, 6.45) is 4.01. The topological polar surface area (TPSA) is 24.5 Å². The number of piperidine rings is 1. The molecule has 0 amide bonds. The van der Waals surface area contributed by atoms with E-state index in [1.165, 1.54) is 38.0 Å². The quantitative estimate of drug-likeness (QED) is 0.901. The lowest BCUT2D eigenvalue weighted by Crippen LogP contribution is -2.44. The van der Waals surface area contributed by atoms with Crippen LogP contribution < -0.4 is 10.1 Å². The Bertz CT molecular complexity index is 429. The van der Waals surface area contributed by atoms with Crippen molar-refractivity contribution < 1.29 is 4.74 Å². The summed E-state index contributed by atoms with van der Waals surface area (Å²) >= 11 is 0. The van der Waals surface area contributed by atoms with Gasteiger partial charge in [-0.2, -0.15) is 0 Å². The Morgan fingerprint density at radius 1 is 1.29 bits per heavy atom. The smallest absolute Gasteiger partial charge is 0.123 e. The summed E-state index contributed by atoms with van der Waals surface area (Å²) in [6, 6.07) is 9.01. The second kappa shape index (κ2) is 6.80. The number of rotatable bonds is 5. The maximum atomic E-state index is 6.01. The first-order valence-electron chi connectivity index (χ1n) is 8.46. The molecule has 0 bridgehead atoms. The van der Waals surface area contributed by atoms with Crippen molar-refractivity contribution in [3.63, 3.8) is 0 Å². The highest BCUT2D eigenvalue weighted by Crippen LogP contribution is 2.28. The Balaban J connectivity index is 1.42. The van der Waals surface area contributed by atoms with Crippen LogP contribution in [-0.4, -0.2) is 43.2 Å². The van der Waals surface area contributed by atoms with Crippen molar-refractivity contribution in [2.45, 2.75) is 45.3 Å². The molecule has 116 valence electrons. The van der Waals surface area contributed by atoms with E-state index in [1.807, 2.05) is 0 Å². The van der Waals surface area contributed by atoms with Crippen molar-refractivity contribution in [1.29, 1.82) is 0 Å². The number of ether oxygens (including phenoxy) is 1. The third-order valence-corrected chi connectivity index (χ3v) is 5.17. The van der Waals surface area contributed by atoms with Crippen molar-refractivity contribution in [2.75, 3.05) is 26.2 Å². The molecule has 1 aromatic rings. The van der Waals surface area contributed by atoms with E-state index in [0.29, 0.717) is 12.1 Å². The molecule has 2 aliphatic rings. The molecule has 1 fully saturated rings. The van der Waals surface area contributed by atoms with Crippen LogP contribution in [0, 0.1) is 5.92 Å². The zero-order valence-electron chi connectivity index (χ0n) is 13.3. The minimum Gasteiger partial charge on any atom is -0.488 e. The number of hydrogen-bond donors (Lipinski definition) is 1. The van der Waals surface area contributed by atoms with Crippen molar-refractivity contribution in [1.82, 2.24) is 10.2 Å². The summed E-state index contributed by atoms with van der Waals surface area (Å²) in [5.74, 6) is 1.89. The van der Waals surface area contributed by atoms with Crippen molar-refractivity contribution in [3.8, 4) is 5.75 Å². The third-order valence-electron chi connectivity index (χ3n) is 5.17. The van der Waals surface area contributed by atoms with Gasteiger partial charge in [-0.1, -0.05) is 25.1 Å². The number of nitrogens with one attached hydrogen (secondary N) is 1. The Morgan fingerprint density at radius 3 is 2.76 bits per heavy atom. The molecule has 1 saturated heterocycles. The average molecular weight is 288 g/mol. The minimum absolute atomic E-state index is 0.306. The summed E-state index contributed by atoms with van der Waals surface area (Å²) in [5.41, 5.74) is 1.35. The predicted octanol–water partition coefficient (Wildman–Crippen LogP) is 2.70. The SMILES string of the molecule is CCN1CCC(C(C)NCC2Cc3ccccc3O2)CC1. The normalized spacial score (nSPS) is 24.6. The molecular formula is C18H28N2O. The molecule has 0 aliphatic carbocycles. The number of hydrogen-bond acceptors (Lipinski definition) is 3. The molecule has 0 radical (unpaired) electrons. The van der Waals surface area contributed by atoms with E-state index in [4.69, 9.17) is 4.74 Å². The highest BCUT2D eigenvalue weighted by Gasteiger charge is 2.26. The average Bonchev–Trinajstić information content (AvgIpc) is 2.95. The number of likely N-dealkylation sites (tertiary alicyclic amines) is 1. The first kappa shape index (κ1) is 14.9. The van der Waals surface area contributed by atoms with E-state index >= 15 is 0 Å². The standard InChI is InChI=1S/C18H28N2O/c1-3-20-10-8-15(9-11-20)14(2)19-13-17-12-16-6-4-5-7-18(16)21-17/h4-7,14-15,17,19H,3,8-13H2,1-2H3. The zero-order chi connectivity index (χ0) is 14.7. The third kappa shape index (κ3) is 3.58. The number of nitrogens with zero attached hydrogens (tertiary/aromatic N) is 1. The van der Waals surface area contributed by atoms with Crippen molar-refractivity contribution in [3.05, 3.63) is 29.8 Å². The summed E-state index contributed by atoms with van der Waals surface area (Å²) in [7, 11) is 0. The first-order chi connectivity index (χ1) is 10.3. The zero-order valence-corrected chi connectivity index (χ0v) is 13.3. The fraction of sp³-hybridized carbons (Fsp3) is 0.667. The van der Waals surface area contributed by atoms with E-state index < -0.39 is 0 Å². The summed E-state index contributed by atoms with van der Waals surface area (Å²) in [6.45, 7) is 9.29. The maximum Gasteiger partial charge on any atom is 0.123 e.